The minimum atomic E-state index is -1.09. The summed E-state index contributed by atoms with van der Waals surface area (Å²) in [5.41, 5.74) is -0.905. The molecular weight excluding hydrogens is 268 g/mol. The lowest BCUT2D eigenvalue weighted by Gasteiger charge is -2.22. The van der Waals surface area contributed by atoms with Crippen molar-refractivity contribution in [3.05, 3.63) is 17.0 Å². The molecule has 4 N–H and O–H groups in total. The Morgan fingerprint density at radius 3 is 2.74 bits per heavy atom. The summed E-state index contributed by atoms with van der Waals surface area (Å²) in [6, 6.07) is 0.900. The number of amides is 2. The van der Waals surface area contributed by atoms with Crippen LogP contribution in [0.2, 0.25) is 0 Å². The molecular formula is C12H18N2O4S. The van der Waals surface area contributed by atoms with Crippen molar-refractivity contribution < 1.29 is 19.8 Å². The van der Waals surface area contributed by atoms with Gasteiger partial charge in [0.25, 0.3) is 0 Å². The Labute approximate surface area is 115 Å². The van der Waals surface area contributed by atoms with Gasteiger partial charge >= 0.3 is 12.0 Å². The molecule has 0 aromatic carbocycles. The van der Waals surface area contributed by atoms with E-state index in [2.05, 4.69) is 10.6 Å². The fraction of sp³-hybridized carbons (Fsp3) is 0.500. The zero-order chi connectivity index (χ0) is 14.5. The van der Waals surface area contributed by atoms with Crippen molar-refractivity contribution in [2.24, 2.45) is 0 Å². The van der Waals surface area contributed by atoms with Crippen molar-refractivity contribution in [2.75, 3.05) is 11.9 Å². The number of nitrogens with one attached hydrogen (secondary N) is 2. The number of carbonyl (C=O) groups excluding carboxylic acids is 1. The molecule has 1 rings (SSSR count). The number of hydrogen-bond donors (Lipinski definition) is 4. The van der Waals surface area contributed by atoms with Gasteiger partial charge in [0.2, 0.25) is 0 Å². The van der Waals surface area contributed by atoms with Crippen LogP contribution >= 0.6 is 11.3 Å². The first-order valence-corrected chi connectivity index (χ1v) is 6.81. The van der Waals surface area contributed by atoms with Crippen molar-refractivity contribution in [1.29, 1.82) is 0 Å². The fourth-order valence-electron chi connectivity index (χ4n) is 1.62. The maximum absolute atomic E-state index is 11.6. The van der Waals surface area contributed by atoms with Crippen LogP contribution in [-0.2, 0) is 0 Å². The first-order valence-electron chi connectivity index (χ1n) is 5.94. The molecule has 7 heteroatoms. The van der Waals surface area contributed by atoms with Gasteiger partial charge in [-0.05, 0) is 24.8 Å². The maximum atomic E-state index is 11.6. The Morgan fingerprint density at radius 1 is 1.47 bits per heavy atom. The number of anilines is 1. The lowest BCUT2D eigenvalue weighted by atomic mass is 10.0. The highest BCUT2D eigenvalue weighted by molar-refractivity contribution is 7.14. The minimum absolute atomic E-state index is 0.0560. The third-order valence-electron chi connectivity index (χ3n) is 2.54. The van der Waals surface area contributed by atoms with Crippen LogP contribution < -0.4 is 10.6 Å². The molecule has 0 fully saturated rings. The van der Waals surface area contributed by atoms with Gasteiger partial charge in [-0.15, -0.1) is 11.3 Å². The van der Waals surface area contributed by atoms with Crippen LogP contribution in [0.4, 0.5) is 9.80 Å². The second kappa shape index (κ2) is 6.53. The zero-order valence-corrected chi connectivity index (χ0v) is 11.7. The molecule has 1 heterocycles. The number of carbonyl (C=O) groups is 2. The predicted molar refractivity (Wildman–Crippen MR) is 73.8 cm³/mol. The molecule has 0 aliphatic heterocycles. The number of hydrogen-bond acceptors (Lipinski definition) is 4. The molecule has 1 aromatic rings. The highest BCUT2D eigenvalue weighted by Crippen LogP contribution is 2.22. The molecule has 0 aliphatic carbocycles. The molecule has 0 saturated heterocycles. The standard InChI is InChI=1S/C12H18N2O4S/c1-3-5-12(2,18)7-13-11(17)14-9-8(10(15)16)4-6-19-9/h4,6,18H,3,5,7H2,1-2H3,(H,15,16)(H2,13,14,17). The minimum Gasteiger partial charge on any atom is -0.478 e. The summed E-state index contributed by atoms with van der Waals surface area (Å²) in [6.45, 7) is 3.70. The van der Waals surface area contributed by atoms with E-state index in [-0.39, 0.29) is 17.1 Å². The first kappa shape index (κ1) is 15.5. The van der Waals surface area contributed by atoms with E-state index in [9.17, 15) is 14.7 Å². The van der Waals surface area contributed by atoms with Crippen LogP contribution in [0.25, 0.3) is 0 Å². The highest BCUT2D eigenvalue weighted by Gasteiger charge is 2.20. The Kier molecular flexibility index (Phi) is 5.31. The Morgan fingerprint density at radius 2 is 2.16 bits per heavy atom. The van der Waals surface area contributed by atoms with Crippen LogP contribution in [-0.4, -0.2) is 34.4 Å². The quantitative estimate of drug-likeness (QED) is 0.643. The molecule has 2 amide bonds. The van der Waals surface area contributed by atoms with Crippen LogP contribution in [0.15, 0.2) is 11.4 Å². The average molecular weight is 286 g/mol. The third kappa shape index (κ3) is 4.88. The van der Waals surface area contributed by atoms with Crippen molar-refractivity contribution in [1.82, 2.24) is 5.32 Å². The van der Waals surface area contributed by atoms with Gasteiger partial charge < -0.3 is 15.5 Å². The van der Waals surface area contributed by atoms with Gasteiger partial charge in [-0.2, -0.15) is 0 Å². The van der Waals surface area contributed by atoms with E-state index in [4.69, 9.17) is 5.11 Å². The van der Waals surface area contributed by atoms with Crippen LogP contribution in [0.5, 0.6) is 0 Å². The van der Waals surface area contributed by atoms with Crippen LogP contribution in [0.3, 0.4) is 0 Å². The number of carboxylic acid groups (broad SMARTS) is 1. The first-order chi connectivity index (χ1) is 8.85. The number of aromatic carboxylic acids is 1. The van der Waals surface area contributed by atoms with E-state index in [1.165, 1.54) is 6.07 Å². The topological polar surface area (TPSA) is 98.7 Å². The summed E-state index contributed by atoms with van der Waals surface area (Å²) in [5, 5.41) is 25.6. The van der Waals surface area contributed by atoms with Gasteiger partial charge in [0.15, 0.2) is 0 Å². The summed E-state index contributed by atoms with van der Waals surface area (Å²) in [4.78, 5) is 22.5. The van der Waals surface area contributed by atoms with E-state index < -0.39 is 17.6 Å². The van der Waals surface area contributed by atoms with Crippen LogP contribution in [0, 0.1) is 0 Å². The second-order valence-corrected chi connectivity index (χ2v) is 5.44. The number of urea groups is 1. The van der Waals surface area contributed by atoms with Gasteiger partial charge in [0.05, 0.1) is 11.2 Å². The van der Waals surface area contributed by atoms with E-state index in [0.717, 1.165) is 17.8 Å². The van der Waals surface area contributed by atoms with Gasteiger partial charge in [0, 0.05) is 6.54 Å². The number of rotatable bonds is 6. The van der Waals surface area contributed by atoms with Crippen molar-refractivity contribution in [3.63, 3.8) is 0 Å². The van der Waals surface area contributed by atoms with Gasteiger partial charge in [-0.3, -0.25) is 5.32 Å². The molecule has 1 aromatic heterocycles. The predicted octanol–water partition coefficient (Wildman–Crippen LogP) is 2.12. The largest absolute Gasteiger partial charge is 0.478 e. The lowest BCUT2D eigenvalue weighted by molar-refractivity contribution is 0.0528. The molecule has 106 valence electrons. The number of aliphatic hydroxyl groups is 1. The van der Waals surface area contributed by atoms with Crippen molar-refractivity contribution in [2.45, 2.75) is 32.3 Å². The zero-order valence-electron chi connectivity index (χ0n) is 10.9. The molecule has 0 radical (unpaired) electrons. The molecule has 0 aliphatic rings. The highest BCUT2D eigenvalue weighted by atomic mass is 32.1. The second-order valence-electron chi connectivity index (χ2n) is 4.52. The number of thiophene rings is 1. The normalized spacial score (nSPS) is 13.6. The molecule has 0 saturated carbocycles. The van der Waals surface area contributed by atoms with E-state index in [1.54, 1.807) is 12.3 Å². The molecule has 0 spiro atoms. The summed E-state index contributed by atoms with van der Waals surface area (Å²) in [5.74, 6) is -1.09. The Bertz CT molecular complexity index is 456. The summed E-state index contributed by atoms with van der Waals surface area (Å²) >= 11 is 1.13. The van der Waals surface area contributed by atoms with E-state index >= 15 is 0 Å². The van der Waals surface area contributed by atoms with Gasteiger partial charge in [0.1, 0.15) is 5.00 Å². The SMILES string of the molecule is CCCC(C)(O)CNC(=O)Nc1sccc1C(=O)O. The van der Waals surface area contributed by atoms with Crippen molar-refractivity contribution in [3.8, 4) is 0 Å². The smallest absolute Gasteiger partial charge is 0.338 e. The monoisotopic (exact) mass is 286 g/mol. The Balaban J connectivity index is 2.52. The summed E-state index contributed by atoms with van der Waals surface area (Å²) < 4.78 is 0. The Hall–Kier alpha value is -1.60. The molecule has 6 nitrogen and oxygen atoms in total. The third-order valence-corrected chi connectivity index (χ3v) is 3.37. The average Bonchev–Trinajstić information content (AvgIpc) is 2.75. The van der Waals surface area contributed by atoms with Gasteiger partial charge in [-0.25, -0.2) is 9.59 Å². The van der Waals surface area contributed by atoms with E-state index in [0.29, 0.717) is 6.42 Å². The maximum Gasteiger partial charge on any atom is 0.338 e. The van der Waals surface area contributed by atoms with Gasteiger partial charge in [-0.1, -0.05) is 13.3 Å². The molecule has 0 bridgehead atoms. The summed E-state index contributed by atoms with van der Waals surface area (Å²) in [7, 11) is 0. The number of carboxylic acids is 1. The van der Waals surface area contributed by atoms with Crippen LogP contribution in [0.1, 0.15) is 37.0 Å². The fourth-order valence-corrected chi connectivity index (χ4v) is 2.39. The van der Waals surface area contributed by atoms with E-state index in [1.807, 2.05) is 6.92 Å². The molecule has 19 heavy (non-hydrogen) atoms. The van der Waals surface area contributed by atoms with Crippen molar-refractivity contribution >= 4 is 28.3 Å². The lowest BCUT2D eigenvalue weighted by Crippen LogP contribution is -2.42. The summed E-state index contributed by atoms with van der Waals surface area (Å²) in [6.07, 6.45) is 1.39. The molecule has 1 unspecified atom stereocenters. The molecule has 1 atom stereocenters.